The second-order valence-corrected chi connectivity index (χ2v) is 8.40. The third-order valence-corrected chi connectivity index (χ3v) is 5.77. The molecule has 0 aliphatic rings. The fourth-order valence-electron chi connectivity index (χ4n) is 2.52. The van der Waals surface area contributed by atoms with E-state index in [1.807, 2.05) is 19.1 Å². The fourth-order valence-corrected chi connectivity index (χ4v) is 3.87. The lowest BCUT2D eigenvalue weighted by molar-refractivity contribution is 0.0940. The summed E-state index contributed by atoms with van der Waals surface area (Å²) in [5, 5.41) is 3.50. The van der Waals surface area contributed by atoms with Crippen molar-refractivity contribution >= 4 is 27.5 Å². The molecule has 146 valence electrons. The minimum atomic E-state index is -3.67. The summed E-state index contributed by atoms with van der Waals surface area (Å²) in [6.45, 7) is 3.84. The number of hydrogen-bond donors (Lipinski definition) is 2. The molecule has 27 heavy (non-hydrogen) atoms. The zero-order valence-electron chi connectivity index (χ0n) is 15.4. The predicted molar refractivity (Wildman–Crippen MR) is 105 cm³/mol. The van der Waals surface area contributed by atoms with Crippen molar-refractivity contribution in [2.45, 2.75) is 30.8 Å². The van der Waals surface area contributed by atoms with Crippen molar-refractivity contribution in [2.75, 3.05) is 13.7 Å². The van der Waals surface area contributed by atoms with Gasteiger partial charge in [-0.2, -0.15) is 0 Å². The molecule has 2 atom stereocenters. The van der Waals surface area contributed by atoms with Gasteiger partial charge in [-0.3, -0.25) is 4.79 Å². The van der Waals surface area contributed by atoms with Crippen LogP contribution in [-0.2, 0) is 14.8 Å². The number of nitrogens with one attached hydrogen (secondary N) is 2. The molecule has 0 unspecified atom stereocenters. The summed E-state index contributed by atoms with van der Waals surface area (Å²) < 4.78 is 32.1. The Kier molecular flexibility index (Phi) is 7.38. The number of ether oxygens (including phenoxy) is 1. The summed E-state index contributed by atoms with van der Waals surface area (Å²) in [5.41, 5.74) is 1.29. The lowest BCUT2D eigenvalue weighted by Crippen LogP contribution is -2.35. The van der Waals surface area contributed by atoms with Crippen LogP contribution in [0.2, 0.25) is 5.02 Å². The standard InChI is InChI=1S/C19H23ClN2O4S/c1-13(12-26-3)22-27(24,25)18-10-6-16(7-11-18)19(23)21-14(2)15-4-8-17(20)9-5-15/h4-11,13-14,22H,12H2,1-3H3,(H,21,23)/t13-,14-/m1/s1. The molecular formula is C19H23ClN2O4S. The van der Waals surface area contributed by atoms with Gasteiger partial charge in [-0.15, -0.1) is 0 Å². The predicted octanol–water partition coefficient (Wildman–Crippen LogP) is 3.14. The average molecular weight is 411 g/mol. The van der Waals surface area contributed by atoms with E-state index < -0.39 is 10.0 Å². The van der Waals surface area contributed by atoms with E-state index in [1.165, 1.54) is 31.4 Å². The molecule has 0 saturated heterocycles. The van der Waals surface area contributed by atoms with Crippen LogP contribution in [0, 0.1) is 0 Å². The number of rotatable bonds is 8. The Morgan fingerprint density at radius 2 is 1.67 bits per heavy atom. The summed E-state index contributed by atoms with van der Waals surface area (Å²) in [7, 11) is -2.17. The van der Waals surface area contributed by atoms with E-state index >= 15 is 0 Å². The topological polar surface area (TPSA) is 84.5 Å². The highest BCUT2D eigenvalue weighted by Crippen LogP contribution is 2.17. The Morgan fingerprint density at radius 3 is 2.22 bits per heavy atom. The summed E-state index contributed by atoms with van der Waals surface area (Å²) in [6, 6.07) is 12.4. The van der Waals surface area contributed by atoms with Gasteiger partial charge in [0.05, 0.1) is 17.5 Å². The van der Waals surface area contributed by atoms with Crippen LogP contribution >= 0.6 is 11.6 Å². The maximum atomic E-state index is 12.4. The zero-order chi connectivity index (χ0) is 20.0. The fraction of sp³-hybridized carbons (Fsp3) is 0.316. The first-order valence-electron chi connectivity index (χ1n) is 8.40. The molecular weight excluding hydrogens is 388 g/mol. The maximum Gasteiger partial charge on any atom is 0.251 e. The van der Waals surface area contributed by atoms with Gasteiger partial charge in [-0.05, 0) is 55.8 Å². The number of amides is 1. The Hall–Kier alpha value is -1.93. The second kappa shape index (κ2) is 9.32. The maximum absolute atomic E-state index is 12.4. The number of benzene rings is 2. The SMILES string of the molecule is COC[C@@H](C)NS(=O)(=O)c1ccc(C(=O)N[C@H](C)c2ccc(Cl)cc2)cc1. The van der Waals surface area contributed by atoms with Gasteiger partial charge in [0.25, 0.3) is 5.91 Å². The molecule has 2 aromatic carbocycles. The minimum Gasteiger partial charge on any atom is -0.383 e. The highest BCUT2D eigenvalue weighted by atomic mass is 35.5. The molecule has 0 aromatic heterocycles. The van der Waals surface area contributed by atoms with E-state index in [9.17, 15) is 13.2 Å². The molecule has 1 amide bonds. The Labute approximate surface area is 164 Å². The van der Waals surface area contributed by atoms with Gasteiger partial charge >= 0.3 is 0 Å². The van der Waals surface area contributed by atoms with Crippen LogP contribution in [0.1, 0.15) is 35.8 Å². The Bertz CT molecular complexity index is 868. The van der Waals surface area contributed by atoms with Crippen LogP contribution in [0.25, 0.3) is 0 Å². The Balaban J connectivity index is 2.05. The van der Waals surface area contributed by atoms with E-state index in [0.717, 1.165) is 5.56 Å². The third kappa shape index (κ3) is 6.04. The molecule has 8 heteroatoms. The lowest BCUT2D eigenvalue weighted by Gasteiger charge is -2.15. The van der Waals surface area contributed by atoms with Gasteiger partial charge in [0, 0.05) is 23.7 Å². The smallest absolute Gasteiger partial charge is 0.251 e. The molecule has 0 spiro atoms. The molecule has 2 aromatic rings. The van der Waals surface area contributed by atoms with Crippen LogP contribution < -0.4 is 10.0 Å². The van der Waals surface area contributed by atoms with E-state index in [4.69, 9.17) is 16.3 Å². The molecule has 0 aliphatic carbocycles. The van der Waals surface area contributed by atoms with Gasteiger partial charge in [0.2, 0.25) is 10.0 Å². The monoisotopic (exact) mass is 410 g/mol. The number of halogens is 1. The third-order valence-electron chi connectivity index (χ3n) is 3.92. The van der Waals surface area contributed by atoms with Gasteiger partial charge in [-0.25, -0.2) is 13.1 Å². The first-order valence-corrected chi connectivity index (χ1v) is 10.3. The molecule has 0 bridgehead atoms. The highest BCUT2D eigenvalue weighted by molar-refractivity contribution is 7.89. The summed E-state index contributed by atoms with van der Waals surface area (Å²) in [5.74, 6) is -0.290. The number of sulfonamides is 1. The van der Waals surface area contributed by atoms with Crippen molar-refractivity contribution < 1.29 is 17.9 Å². The van der Waals surface area contributed by atoms with Gasteiger partial charge in [0.1, 0.15) is 0 Å². The summed E-state index contributed by atoms with van der Waals surface area (Å²) in [4.78, 5) is 12.5. The lowest BCUT2D eigenvalue weighted by atomic mass is 10.1. The highest BCUT2D eigenvalue weighted by Gasteiger charge is 2.18. The quantitative estimate of drug-likeness (QED) is 0.700. The molecule has 0 fully saturated rings. The van der Waals surface area contributed by atoms with Crippen LogP contribution in [0.15, 0.2) is 53.4 Å². The first kappa shape index (κ1) is 21.4. The van der Waals surface area contributed by atoms with E-state index in [1.54, 1.807) is 19.1 Å². The van der Waals surface area contributed by atoms with Crippen LogP contribution in [0.4, 0.5) is 0 Å². The largest absolute Gasteiger partial charge is 0.383 e. The number of hydrogen-bond acceptors (Lipinski definition) is 4. The molecule has 0 aliphatic heterocycles. The van der Waals surface area contributed by atoms with E-state index in [0.29, 0.717) is 10.6 Å². The van der Waals surface area contributed by atoms with Crippen molar-refractivity contribution in [1.82, 2.24) is 10.0 Å². The van der Waals surface area contributed by atoms with Crippen molar-refractivity contribution in [3.05, 3.63) is 64.7 Å². The van der Waals surface area contributed by atoms with Crippen molar-refractivity contribution in [1.29, 1.82) is 0 Å². The van der Waals surface area contributed by atoms with Crippen LogP contribution in [0.3, 0.4) is 0 Å². The number of carbonyl (C=O) groups excluding carboxylic acids is 1. The minimum absolute atomic E-state index is 0.0905. The van der Waals surface area contributed by atoms with Crippen LogP contribution in [-0.4, -0.2) is 34.1 Å². The summed E-state index contributed by atoms with van der Waals surface area (Å²) in [6.07, 6.45) is 0. The summed E-state index contributed by atoms with van der Waals surface area (Å²) >= 11 is 5.87. The van der Waals surface area contributed by atoms with Crippen molar-refractivity contribution in [3.8, 4) is 0 Å². The van der Waals surface area contributed by atoms with Crippen LogP contribution in [0.5, 0.6) is 0 Å². The average Bonchev–Trinajstić information content (AvgIpc) is 2.62. The zero-order valence-corrected chi connectivity index (χ0v) is 17.0. The number of methoxy groups -OCH3 is 1. The molecule has 0 heterocycles. The molecule has 6 nitrogen and oxygen atoms in total. The molecule has 2 N–H and O–H groups in total. The van der Waals surface area contributed by atoms with Crippen molar-refractivity contribution in [3.63, 3.8) is 0 Å². The molecule has 2 rings (SSSR count). The first-order chi connectivity index (χ1) is 12.7. The van der Waals surface area contributed by atoms with E-state index in [-0.39, 0.29) is 29.5 Å². The second-order valence-electron chi connectivity index (χ2n) is 6.25. The van der Waals surface area contributed by atoms with Crippen molar-refractivity contribution in [2.24, 2.45) is 0 Å². The normalized spacial score (nSPS) is 13.8. The molecule has 0 radical (unpaired) electrons. The van der Waals surface area contributed by atoms with Gasteiger partial charge < -0.3 is 10.1 Å². The number of carbonyl (C=O) groups is 1. The Morgan fingerprint density at radius 1 is 1.07 bits per heavy atom. The van der Waals surface area contributed by atoms with Gasteiger partial charge in [-0.1, -0.05) is 23.7 Å². The van der Waals surface area contributed by atoms with Gasteiger partial charge in [0.15, 0.2) is 0 Å². The molecule has 0 saturated carbocycles. The van der Waals surface area contributed by atoms with E-state index in [2.05, 4.69) is 10.0 Å².